The maximum Gasteiger partial charge on any atom is 0.223 e. The zero-order chi connectivity index (χ0) is 14.4. The summed E-state index contributed by atoms with van der Waals surface area (Å²) in [6.07, 6.45) is 1.13. The molecule has 1 aromatic heterocycles. The van der Waals surface area contributed by atoms with E-state index in [0.29, 0.717) is 24.4 Å². The van der Waals surface area contributed by atoms with Crippen LogP contribution in [0.2, 0.25) is 0 Å². The van der Waals surface area contributed by atoms with Crippen molar-refractivity contribution in [3.05, 3.63) is 41.5 Å². The predicted molar refractivity (Wildman–Crippen MR) is 76.5 cm³/mol. The number of nitrogens with zero attached hydrogens (tertiary/aromatic N) is 2. The third-order valence-electron chi connectivity index (χ3n) is 3.02. The Bertz CT molecular complexity index is 522. The van der Waals surface area contributed by atoms with Gasteiger partial charge < -0.3 is 14.6 Å². The fourth-order valence-corrected chi connectivity index (χ4v) is 1.88. The van der Waals surface area contributed by atoms with Crippen LogP contribution in [0.25, 0.3) is 0 Å². The Hall–Kier alpha value is -1.88. The van der Waals surface area contributed by atoms with E-state index in [-0.39, 0.29) is 0 Å². The molecule has 1 heterocycles. The number of hydrogen-bond acceptors (Lipinski definition) is 5. The van der Waals surface area contributed by atoms with Crippen LogP contribution >= 0.6 is 0 Å². The van der Waals surface area contributed by atoms with Gasteiger partial charge in [0.25, 0.3) is 0 Å². The summed E-state index contributed by atoms with van der Waals surface area (Å²) in [4.78, 5) is 4.09. The van der Waals surface area contributed by atoms with E-state index in [1.165, 1.54) is 5.56 Å². The summed E-state index contributed by atoms with van der Waals surface area (Å²) >= 11 is 0. The SMILES string of the molecule is CCCNC(C)c1ccc(OCc2noc(C)n2)cc1. The van der Waals surface area contributed by atoms with Crippen molar-refractivity contribution in [3.8, 4) is 5.75 Å². The predicted octanol–water partition coefficient (Wildman–Crippen LogP) is 3.02. The van der Waals surface area contributed by atoms with Gasteiger partial charge in [-0.05, 0) is 37.6 Å². The average molecular weight is 275 g/mol. The first-order valence-electron chi connectivity index (χ1n) is 6.94. The number of aryl methyl sites for hydroxylation is 1. The van der Waals surface area contributed by atoms with E-state index in [4.69, 9.17) is 9.26 Å². The van der Waals surface area contributed by atoms with Gasteiger partial charge in [0.1, 0.15) is 5.75 Å². The molecule has 2 aromatic rings. The highest BCUT2D eigenvalue weighted by molar-refractivity contribution is 5.29. The highest BCUT2D eigenvalue weighted by Gasteiger charge is 2.06. The molecule has 0 aliphatic rings. The molecule has 2 rings (SSSR count). The number of aromatic nitrogens is 2. The first-order chi connectivity index (χ1) is 9.69. The zero-order valence-electron chi connectivity index (χ0n) is 12.2. The van der Waals surface area contributed by atoms with E-state index < -0.39 is 0 Å². The molecule has 0 spiro atoms. The molecule has 0 bridgehead atoms. The van der Waals surface area contributed by atoms with E-state index >= 15 is 0 Å². The fourth-order valence-electron chi connectivity index (χ4n) is 1.88. The quantitative estimate of drug-likeness (QED) is 0.841. The topological polar surface area (TPSA) is 60.2 Å². The maximum atomic E-state index is 5.62. The van der Waals surface area contributed by atoms with Crippen molar-refractivity contribution >= 4 is 0 Å². The van der Waals surface area contributed by atoms with Gasteiger partial charge in [-0.15, -0.1) is 0 Å². The highest BCUT2D eigenvalue weighted by Crippen LogP contribution is 2.18. The Morgan fingerprint density at radius 3 is 2.65 bits per heavy atom. The number of benzene rings is 1. The molecule has 108 valence electrons. The van der Waals surface area contributed by atoms with Gasteiger partial charge in [0.2, 0.25) is 11.7 Å². The second-order valence-electron chi connectivity index (χ2n) is 4.76. The van der Waals surface area contributed by atoms with E-state index in [9.17, 15) is 0 Å². The normalized spacial score (nSPS) is 12.3. The van der Waals surface area contributed by atoms with Gasteiger partial charge in [-0.3, -0.25) is 0 Å². The number of ether oxygens (including phenoxy) is 1. The summed E-state index contributed by atoms with van der Waals surface area (Å²) in [6, 6.07) is 8.43. The van der Waals surface area contributed by atoms with Gasteiger partial charge in [-0.1, -0.05) is 24.2 Å². The summed E-state index contributed by atoms with van der Waals surface area (Å²) in [5.74, 6) is 1.92. The zero-order valence-corrected chi connectivity index (χ0v) is 12.2. The molecule has 1 unspecified atom stereocenters. The van der Waals surface area contributed by atoms with Crippen molar-refractivity contribution in [1.82, 2.24) is 15.5 Å². The van der Waals surface area contributed by atoms with Gasteiger partial charge in [0.05, 0.1) is 0 Å². The number of rotatable bonds is 7. The van der Waals surface area contributed by atoms with Gasteiger partial charge in [-0.25, -0.2) is 0 Å². The third-order valence-corrected chi connectivity index (χ3v) is 3.02. The molecule has 0 fully saturated rings. The van der Waals surface area contributed by atoms with Crippen LogP contribution in [0.15, 0.2) is 28.8 Å². The van der Waals surface area contributed by atoms with Crippen LogP contribution < -0.4 is 10.1 Å². The van der Waals surface area contributed by atoms with Crippen LogP contribution in [-0.4, -0.2) is 16.7 Å². The molecule has 0 saturated heterocycles. The molecule has 0 radical (unpaired) electrons. The maximum absolute atomic E-state index is 5.62. The van der Waals surface area contributed by atoms with Crippen LogP contribution in [0.4, 0.5) is 0 Å². The van der Waals surface area contributed by atoms with E-state index in [1.54, 1.807) is 6.92 Å². The van der Waals surface area contributed by atoms with Crippen molar-refractivity contribution in [2.75, 3.05) is 6.54 Å². The highest BCUT2D eigenvalue weighted by atomic mass is 16.5. The van der Waals surface area contributed by atoms with E-state index in [1.807, 2.05) is 12.1 Å². The molecule has 0 aliphatic heterocycles. The molecule has 1 N–H and O–H groups in total. The Morgan fingerprint density at radius 2 is 2.05 bits per heavy atom. The molecule has 1 atom stereocenters. The Labute approximate surface area is 119 Å². The Balaban J connectivity index is 1.87. The van der Waals surface area contributed by atoms with Crippen molar-refractivity contribution in [2.24, 2.45) is 0 Å². The third kappa shape index (κ3) is 4.06. The summed E-state index contributed by atoms with van der Waals surface area (Å²) in [5.41, 5.74) is 1.25. The van der Waals surface area contributed by atoms with Crippen LogP contribution in [0.1, 0.15) is 43.6 Å². The van der Waals surface area contributed by atoms with Crippen molar-refractivity contribution in [3.63, 3.8) is 0 Å². The monoisotopic (exact) mass is 275 g/mol. The number of hydrogen-bond donors (Lipinski definition) is 1. The van der Waals surface area contributed by atoms with Crippen LogP contribution in [-0.2, 0) is 6.61 Å². The molecule has 0 amide bonds. The molecular formula is C15H21N3O2. The van der Waals surface area contributed by atoms with Gasteiger partial charge in [0.15, 0.2) is 6.61 Å². The molecule has 0 saturated carbocycles. The van der Waals surface area contributed by atoms with Crippen LogP contribution in [0, 0.1) is 6.92 Å². The Kier molecular flexibility index (Phi) is 5.12. The number of nitrogens with one attached hydrogen (secondary N) is 1. The molecule has 5 heteroatoms. The molecule has 1 aromatic carbocycles. The largest absolute Gasteiger partial charge is 0.485 e. The molecule has 0 aliphatic carbocycles. The molecular weight excluding hydrogens is 254 g/mol. The molecule has 20 heavy (non-hydrogen) atoms. The Morgan fingerprint density at radius 1 is 1.30 bits per heavy atom. The second-order valence-corrected chi connectivity index (χ2v) is 4.76. The minimum Gasteiger partial charge on any atom is -0.485 e. The lowest BCUT2D eigenvalue weighted by atomic mass is 10.1. The first kappa shape index (κ1) is 14.5. The van der Waals surface area contributed by atoms with Crippen molar-refractivity contribution < 1.29 is 9.26 Å². The van der Waals surface area contributed by atoms with Crippen LogP contribution in [0.3, 0.4) is 0 Å². The summed E-state index contributed by atoms with van der Waals surface area (Å²) in [7, 11) is 0. The summed E-state index contributed by atoms with van der Waals surface area (Å²) in [5, 5.41) is 7.24. The summed E-state index contributed by atoms with van der Waals surface area (Å²) in [6.45, 7) is 7.43. The van der Waals surface area contributed by atoms with Crippen LogP contribution in [0.5, 0.6) is 5.75 Å². The second kappa shape index (κ2) is 7.05. The lowest BCUT2D eigenvalue weighted by molar-refractivity contribution is 0.285. The van der Waals surface area contributed by atoms with Gasteiger partial charge in [-0.2, -0.15) is 4.98 Å². The smallest absolute Gasteiger partial charge is 0.223 e. The van der Waals surface area contributed by atoms with E-state index in [2.05, 4.69) is 41.4 Å². The minimum absolute atomic E-state index is 0.320. The van der Waals surface area contributed by atoms with E-state index in [0.717, 1.165) is 18.7 Å². The first-order valence-corrected chi connectivity index (χ1v) is 6.94. The fraction of sp³-hybridized carbons (Fsp3) is 0.467. The van der Waals surface area contributed by atoms with Gasteiger partial charge in [0, 0.05) is 13.0 Å². The lowest BCUT2D eigenvalue weighted by Crippen LogP contribution is -2.19. The van der Waals surface area contributed by atoms with Crippen molar-refractivity contribution in [2.45, 2.75) is 39.8 Å². The standard InChI is InChI=1S/C15H21N3O2/c1-4-9-16-11(2)13-5-7-14(8-6-13)19-10-15-17-12(3)20-18-15/h5-8,11,16H,4,9-10H2,1-3H3. The van der Waals surface area contributed by atoms with Crippen molar-refractivity contribution in [1.29, 1.82) is 0 Å². The summed E-state index contributed by atoms with van der Waals surface area (Å²) < 4.78 is 10.5. The lowest BCUT2D eigenvalue weighted by Gasteiger charge is -2.14. The van der Waals surface area contributed by atoms with Gasteiger partial charge >= 0.3 is 0 Å². The molecule has 5 nitrogen and oxygen atoms in total. The minimum atomic E-state index is 0.320. The average Bonchev–Trinajstić information content (AvgIpc) is 2.89.